The zero-order chi connectivity index (χ0) is 14.2. The largest absolute Gasteiger partial charge is 0.388 e. The molecule has 2 saturated heterocycles. The average molecular weight is 282 g/mol. The predicted octanol–water partition coefficient (Wildman–Crippen LogP) is 1.50. The number of likely N-dealkylation sites (tertiary alicyclic amines) is 1. The molecule has 2 N–H and O–H groups in total. The van der Waals surface area contributed by atoms with Gasteiger partial charge in [0.2, 0.25) is 0 Å². The van der Waals surface area contributed by atoms with E-state index in [1.807, 2.05) is 0 Å². The predicted molar refractivity (Wildman–Crippen MR) is 75.5 cm³/mol. The lowest BCUT2D eigenvalue weighted by molar-refractivity contribution is 0.00535. The summed E-state index contributed by atoms with van der Waals surface area (Å²) in [6.45, 7) is 4.55. The fourth-order valence-electron chi connectivity index (χ4n) is 4.10. The lowest BCUT2D eigenvalue weighted by atomic mass is 9.75. The second-order valence-electron chi connectivity index (χ2n) is 7.04. The van der Waals surface area contributed by atoms with Gasteiger partial charge in [-0.3, -0.25) is 0 Å². The second-order valence-corrected chi connectivity index (χ2v) is 7.04. The van der Waals surface area contributed by atoms with Crippen LogP contribution in [0.2, 0.25) is 0 Å². The number of aliphatic hydroxyl groups is 1. The molecule has 3 rings (SSSR count). The molecule has 0 bridgehead atoms. The molecule has 2 heterocycles. The number of hydrogen-bond acceptors (Lipinski definition) is 3. The van der Waals surface area contributed by atoms with Crippen LogP contribution in [0.4, 0.5) is 4.79 Å². The maximum atomic E-state index is 12.4. The van der Waals surface area contributed by atoms with Crippen LogP contribution in [0.25, 0.3) is 0 Å². The van der Waals surface area contributed by atoms with Gasteiger partial charge < -0.3 is 20.1 Å². The first kappa shape index (κ1) is 14.1. The lowest BCUT2D eigenvalue weighted by Gasteiger charge is -2.39. The Morgan fingerprint density at radius 2 is 2.05 bits per heavy atom. The standard InChI is InChI=1S/C15H26N2O3/c1-14(19)5-8-17(11-14)13(18)16-12-3-2-4-15(12)6-9-20-10-7-15/h12,19H,2-11H2,1H3,(H,16,18)/t12-,14+/m0/s1. The van der Waals surface area contributed by atoms with Crippen LogP contribution in [0.3, 0.4) is 0 Å². The number of carbonyl (C=O) groups excluding carboxylic acids is 1. The van der Waals surface area contributed by atoms with Gasteiger partial charge in [-0.1, -0.05) is 6.42 Å². The van der Waals surface area contributed by atoms with Crippen LogP contribution in [-0.4, -0.2) is 54.0 Å². The quantitative estimate of drug-likeness (QED) is 0.766. The van der Waals surface area contributed by atoms with Gasteiger partial charge in [0, 0.05) is 25.8 Å². The Hall–Kier alpha value is -0.810. The smallest absolute Gasteiger partial charge is 0.317 e. The minimum absolute atomic E-state index is 0.000502. The van der Waals surface area contributed by atoms with Gasteiger partial charge in [0.15, 0.2) is 0 Å². The van der Waals surface area contributed by atoms with Gasteiger partial charge in [0.05, 0.1) is 12.1 Å². The van der Waals surface area contributed by atoms with Crippen molar-refractivity contribution >= 4 is 6.03 Å². The summed E-state index contributed by atoms with van der Waals surface area (Å²) in [5, 5.41) is 13.2. The Morgan fingerprint density at radius 1 is 1.30 bits per heavy atom. The van der Waals surface area contributed by atoms with Crippen molar-refractivity contribution in [2.45, 2.75) is 57.1 Å². The van der Waals surface area contributed by atoms with Crippen molar-refractivity contribution in [2.75, 3.05) is 26.3 Å². The molecule has 114 valence electrons. The summed E-state index contributed by atoms with van der Waals surface area (Å²) in [6, 6.07) is 0.282. The topological polar surface area (TPSA) is 61.8 Å². The van der Waals surface area contributed by atoms with Crippen LogP contribution in [0, 0.1) is 5.41 Å². The Balaban J connectivity index is 1.61. The van der Waals surface area contributed by atoms with Crippen molar-refractivity contribution in [3.05, 3.63) is 0 Å². The summed E-state index contributed by atoms with van der Waals surface area (Å²) in [5.41, 5.74) is -0.459. The number of hydrogen-bond donors (Lipinski definition) is 2. The van der Waals surface area contributed by atoms with Crippen molar-refractivity contribution in [1.82, 2.24) is 10.2 Å². The minimum Gasteiger partial charge on any atom is -0.388 e. The fraction of sp³-hybridized carbons (Fsp3) is 0.933. The first-order valence-corrected chi connectivity index (χ1v) is 7.86. The Kier molecular flexibility index (Phi) is 3.67. The average Bonchev–Trinajstić information content (AvgIpc) is 2.95. The molecule has 1 aliphatic carbocycles. The summed E-state index contributed by atoms with van der Waals surface area (Å²) in [6.07, 6.45) is 6.28. The van der Waals surface area contributed by atoms with Crippen molar-refractivity contribution < 1.29 is 14.6 Å². The molecule has 0 unspecified atom stereocenters. The van der Waals surface area contributed by atoms with Gasteiger partial charge in [0.1, 0.15) is 0 Å². The second kappa shape index (κ2) is 5.19. The van der Waals surface area contributed by atoms with Gasteiger partial charge in [-0.05, 0) is 44.4 Å². The zero-order valence-corrected chi connectivity index (χ0v) is 12.4. The van der Waals surface area contributed by atoms with E-state index in [2.05, 4.69) is 5.32 Å². The van der Waals surface area contributed by atoms with Crippen molar-refractivity contribution in [2.24, 2.45) is 5.41 Å². The van der Waals surface area contributed by atoms with E-state index in [4.69, 9.17) is 4.74 Å². The first-order chi connectivity index (χ1) is 9.51. The van der Waals surface area contributed by atoms with Crippen LogP contribution in [0.1, 0.15) is 45.4 Å². The molecule has 0 aromatic carbocycles. The SMILES string of the molecule is C[C@@]1(O)CCN(C(=O)N[C@H]2CCCC23CCOCC3)C1. The molecule has 2 aliphatic heterocycles. The van der Waals surface area contributed by atoms with E-state index < -0.39 is 5.60 Å². The molecule has 0 aromatic heterocycles. The molecule has 0 aromatic rings. The monoisotopic (exact) mass is 282 g/mol. The number of amides is 2. The number of rotatable bonds is 1. The van der Waals surface area contributed by atoms with Crippen LogP contribution < -0.4 is 5.32 Å². The maximum Gasteiger partial charge on any atom is 0.317 e. The van der Waals surface area contributed by atoms with Crippen molar-refractivity contribution in [3.8, 4) is 0 Å². The summed E-state index contributed by atoms with van der Waals surface area (Å²) in [5.74, 6) is 0. The van der Waals surface area contributed by atoms with Crippen molar-refractivity contribution in [3.63, 3.8) is 0 Å². The number of nitrogens with zero attached hydrogens (tertiary/aromatic N) is 1. The molecule has 2 atom stereocenters. The van der Waals surface area contributed by atoms with E-state index in [-0.39, 0.29) is 17.5 Å². The normalized spacial score (nSPS) is 36.5. The third kappa shape index (κ3) is 2.66. The van der Waals surface area contributed by atoms with Crippen LogP contribution in [0.5, 0.6) is 0 Å². The third-order valence-corrected chi connectivity index (χ3v) is 5.43. The van der Waals surface area contributed by atoms with Crippen LogP contribution in [-0.2, 0) is 4.74 Å². The van der Waals surface area contributed by atoms with Gasteiger partial charge in [-0.25, -0.2) is 4.79 Å². The summed E-state index contributed by atoms with van der Waals surface area (Å²) in [4.78, 5) is 14.1. The minimum atomic E-state index is -0.719. The van der Waals surface area contributed by atoms with Crippen LogP contribution in [0.15, 0.2) is 0 Å². The number of urea groups is 1. The summed E-state index contributed by atoms with van der Waals surface area (Å²) in [7, 11) is 0. The molecule has 3 fully saturated rings. The Bertz CT molecular complexity index is 377. The molecule has 1 spiro atoms. The van der Waals surface area contributed by atoms with Gasteiger partial charge >= 0.3 is 6.03 Å². The molecule has 5 heteroatoms. The zero-order valence-electron chi connectivity index (χ0n) is 12.4. The highest BCUT2D eigenvalue weighted by Crippen LogP contribution is 2.46. The summed E-state index contributed by atoms with van der Waals surface area (Å²) >= 11 is 0. The molecule has 20 heavy (non-hydrogen) atoms. The van der Waals surface area contributed by atoms with E-state index >= 15 is 0 Å². The highest BCUT2D eigenvalue weighted by Gasteiger charge is 2.45. The van der Waals surface area contributed by atoms with Gasteiger partial charge in [0.25, 0.3) is 0 Å². The van der Waals surface area contributed by atoms with Crippen LogP contribution >= 0.6 is 0 Å². The molecule has 2 amide bonds. The molecule has 1 saturated carbocycles. The van der Waals surface area contributed by atoms with E-state index in [0.717, 1.165) is 32.5 Å². The molecular weight excluding hydrogens is 256 g/mol. The Morgan fingerprint density at radius 3 is 2.70 bits per heavy atom. The van der Waals surface area contributed by atoms with Crippen molar-refractivity contribution in [1.29, 1.82) is 0 Å². The third-order valence-electron chi connectivity index (χ3n) is 5.43. The molecule has 5 nitrogen and oxygen atoms in total. The maximum absolute atomic E-state index is 12.4. The van der Waals surface area contributed by atoms with E-state index in [1.165, 1.54) is 12.8 Å². The molecule has 0 radical (unpaired) electrons. The van der Waals surface area contributed by atoms with Gasteiger partial charge in [-0.2, -0.15) is 0 Å². The number of nitrogens with one attached hydrogen (secondary N) is 1. The number of β-amino-alcohol motifs (C(OH)–C–C–N with tert-alkyl or cyclic N) is 1. The number of carbonyl (C=O) groups is 1. The lowest BCUT2D eigenvalue weighted by Crippen LogP contribution is -2.51. The Labute approximate surface area is 120 Å². The summed E-state index contributed by atoms with van der Waals surface area (Å²) < 4.78 is 5.48. The first-order valence-electron chi connectivity index (χ1n) is 7.86. The molecule has 3 aliphatic rings. The van der Waals surface area contributed by atoms with E-state index in [9.17, 15) is 9.90 Å². The number of ether oxygens (including phenoxy) is 1. The highest BCUT2D eigenvalue weighted by atomic mass is 16.5. The highest BCUT2D eigenvalue weighted by molar-refractivity contribution is 5.75. The molecular formula is C15H26N2O3. The fourth-order valence-corrected chi connectivity index (χ4v) is 4.10. The van der Waals surface area contributed by atoms with E-state index in [1.54, 1.807) is 11.8 Å². The van der Waals surface area contributed by atoms with Gasteiger partial charge in [-0.15, -0.1) is 0 Å². The van der Waals surface area contributed by atoms with E-state index in [0.29, 0.717) is 19.5 Å².